The van der Waals surface area contributed by atoms with Gasteiger partial charge in [-0.15, -0.1) is 0 Å². The minimum atomic E-state index is -0.00365. The largest absolute Gasteiger partial charge is 0.339 e. The van der Waals surface area contributed by atoms with Gasteiger partial charge in [-0.25, -0.2) is 0 Å². The molecule has 1 aromatic heterocycles. The average molecular weight is 249 g/mol. The Kier molecular flexibility index (Phi) is 3.64. The zero-order chi connectivity index (χ0) is 12.4. The van der Waals surface area contributed by atoms with Crippen LogP contribution in [0.15, 0.2) is 4.52 Å². The minimum absolute atomic E-state index is 0.00365. The van der Waals surface area contributed by atoms with Crippen LogP contribution < -0.4 is 5.73 Å². The van der Waals surface area contributed by atoms with Gasteiger partial charge in [-0.2, -0.15) is 4.98 Å². The van der Waals surface area contributed by atoms with Crippen molar-refractivity contribution in [1.82, 2.24) is 10.1 Å². The van der Waals surface area contributed by atoms with Gasteiger partial charge in [0, 0.05) is 5.92 Å². The van der Waals surface area contributed by atoms with Crippen molar-refractivity contribution in [2.75, 3.05) is 0 Å². The van der Waals surface area contributed by atoms with Crippen molar-refractivity contribution in [3.8, 4) is 0 Å². The van der Waals surface area contributed by atoms with Crippen molar-refractivity contribution in [1.29, 1.82) is 0 Å². The van der Waals surface area contributed by atoms with Crippen LogP contribution in [0.5, 0.6) is 0 Å². The summed E-state index contributed by atoms with van der Waals surface area (Å²) in [5, 5.41) is 4.10. The van der Waals surface area contributed by atoms with Gasteiger partial charge in [-0.3, -0.25) is 0 Å². The summed E-state index contributed by atoms with van der Waals surface area (Å²) >= 11 is 0. The lowest BCUT2D eigenvalue weighted by atomic mass is 9.91. The fraction of sp³-hybridized carbons (Fsp3) is 0.857. The van der Waals surface area contributed by atoms with Gasteiger partial charge in [0.1, 0.15) is 0 Å². The molecule has 0 aliphatic heterocycles. The smallest absolute Gasteiger partial charge is 0.229 e. The van der Waals surface area contributed by atoms with Crippen molar-refractivity contribution in [3.05, 3.63) is 11.7 Å². The first-order chi connectivity index (χ1) is 8.84. The molecule has 18 heavy (non-hydrogen) atoms. The average Bonchev–Trinajstić information content (AvgIpc) is 3.06. The van der Waals surface area contributed by atoms with E-state index in [4.69, 9.17) is 10.3 Å². The van der Waals surface area contributed by atoms with Gasteiger partial charge >= 0.3 is 0 Å². The maximum Gasteiger partial charge on any atom is 0.229 e. The molecule has 0 saturated heterocycles. The highest BCUT2D eigenvalue weighted by Gasteiger charge is 2.33. The summed E-state index contributed by atoms with van der Waals surface area (Å²) in [6.45, 7) is 0. The highest BCUT2D eigenvalue weighted by atomic mass is 16.5. The normalized spacial score (nSPS) is 24.5. The second-order valence-electron chi connectivity index (χ2n) is 5.90. The van der Waals surface area contributed by atoms with E-state index < -0.39 is 0 Å². The van der Waals surface area contributed by atoms with Crippen LogP contribution in [0.4, 0.5) is 0 Å². The van der Waals surface area contributed by atoms with E-state index in [1.807, 2.05) is 0 Å². The third-order valence-corrected chi connectivity index (χ3v) is 4.34. The Morgan fingerprint density at radius 2 is 1.67 bits per heavy atom. The van der Waals surface area contributed by atoms with E-state index in [2.05, 4.69) is 10.1 Å². The predicted molar refractivity (Wildman–Crippen MR) is 69.0 cm³/mol. The van der Waals surface area contributed by atoms with Gasteiger partial charge in [0.05, 0.1) is 6.04 Å². The fourth-order valence-corrected chi connectivity index (χ4v) is 2.92. The molecule has 2 fully saturated rings. The first-order valence-corrected chi connectivity index (χ1v) is 7.43. The molecular formula is C14H23N3O. The van der Waals surface area contributed by atoms with E-state index in [-0.39, 0.29) is 6.04 Å². The summed E-state index contributed by atoms with van der Waals surface area (Å²) in [6.07, 6.45) is 11.5. The molecule has 4 heteroatoms. The maximum absolute atomic E-state index is 6.11. The highest BCUT2D eigenvalue weighted by molar-refractivity contribution is 5.02. The number of hydrogen-bond acceptors (Lipinski definition) is 4. The SMILES string of the molecule is NC(c1noc(C2CCCCCCC2)n1)C1CC1. The van der Waals surface area contributed by atoms with Crippen LogP contribution in [-0.4, -0.2) is 10.1 Å². The van der Waals surface area contributed by atoms with Crippen LogP contribution in [0, 0.1) is 5.92 Å². The Labute approximate surface area is 108 Å². The highest BCUT2D eigenvalue weighted by Crippen LogP contribution is 2.39. The lowest BCUT2D eigenvalue weighted by molar-refractivity contribution is 0.318. The molecule has 0 amide bonds. The van der Waals surface area contributed by atoms with Gasteiger partial charge in [-0.05, 0) is 31.6 Å². The summed E-state index contributed by atoms with van der Waals surface area (Å²) in [5.41, 5.74) is 6.11. The van der Waals surface area contributed by atoms with Crippen molar-refractivity contribution < 1.29 is 4.52 Å². The molecule has 1 unspecified atom stereocenters. The molecule has 1 aromatic rings. The zero-order valence-electron chi connectivity index (χ0n) is 11.0. The Morgan fingerprint density at radius 3 is 2.33 bits per heavy atom. The Balaban J connectivity index is 1.66. The Hall–Kier alpha value is -0.900. The van der Waals surface area contributed by atoms with Crippen molar-refractivity contribution in [2.45, 2.75) is 69.7 Å². The summed E-state index contributed by atoms with van der Waals surface area (Å²) in [6, 6.07) is -0.00365. The summed E-state index contributed by atoms with van der Waals surface area (Å²) in [4.78, 5) is 4.56. The summed E-state index contributed by atoms with van der Waals surface area (Å²) in [5.74, 6) is 2.63. The molecule has 0 spiro atoms. The van der Waals surface area contributed by atoms with Gasteiger partial charge < -0.3 is 10.3 Å². The standard InChI is InChI=1S/C14H23N3O/c15-12(10-8-9-10)13-16-14(18-17-13)11-6-4-2-1-3-5-7-11/h10-12H,1-9,15H2. The number of rotatable bonds is 3. The number of aromatic nitrogens is 2. The first kappa shape index (κ1) is 12.2. The third-order valence-electron chi connectivity index (χ3n) is 4.34. The minimum Gasteiger partial charge on any atom is -0.339 e. The number of hydrogen-bond donors (Lipinski definition) is 1. The Bertz CT molecular complexity index is 378. The van der Waals surface area contributed by atoms with Gasteiger partial charge in [0.25, 0.3) is 0 Å². The number of nitrogens with two attached hydrogens (primary N) is 1. The summed E-state index contributed by atoms with van der Waals surface area (Å²) < 4.78 is 5.46. The molecule has 3 rings (SSSR count). The monoisotopic (exact) mass is 249 g/mol. The molecule has 1 atom stereocenters. The molecule has 2 aliphatic rings. The second kappa shape index (κ2) is 5.39. The van der Waals surface area contributed by atoms with Gasteiger partial charge in [0.15, 0.2) is 5.82 Å². The molecule has 0 radical (unpaired) electrons. The zero-order valence-corrected chi connectivity index (χ0v) is 11.0. The van der Waals surface area contributed by atoms with E-state index in [1.54, 1.807) is 0 Å². The van der Waals surface area contributed by atoms with E-state index >= 15 is 0 Å². The lowest BCUT2D eigenvalue weighted by Crippen LogP contribution is -2.14. The molecule has 4 nitrogen and oxygen atoms in total. The van der Waals surface area contributed by atoms with Crippen LogP contribution in [0.2, 0.25) is 0 Å². The molecule has 2 N–H and O–H groups in total. The summed E-state index contributed by atoms with van der Waals surface area (Å²) in [7, 11) is 0. The second-order valence-corrected chi connectivity index (χ2v) is 5.90. The predicted octanol–water partition coefficient (Wildman–Crippen LogP) is 3.31. The molecule has 100 valence electrons. The molecule has 2 aliphatic carbocycles. The number of nitrogens with zero attached hydrogens (tertiary/aromatic N) is 2. The van der Waals surface area contributed by atoms with E-state index in [9.17, 15) is 0 Å². The topological polar surface area (TPSA) is 64.9 Å². The van der Waals surface area contributed by atoms with Crippen LogP contribution in [0.1, 0.15) is 81.5 Å². The lowest BCUT2D eigenvalue weighted by Gasteiger charge is -2.15. The van der Waals surface area contributed by atoms with Crippen LogP contribution >= 0.6 is 0 Å². The van der Waals surface area contributed by atoms with Crippen LogP contribution in [-0.2, 0) is 0 Å². The molecule has 1 heterocycles. The van der Waals surface area contributed by atoms with Crippen LogP contribution in [0.3, 0.4) is 0 Å². The van der Waals surface area contributed by atoms with Gasteiger partial charge in [-0.1, -0.05) is 37.3 Å². The Morgan fingerprint density at radius 1 is 1.00 bits per heavy atom. The van der Waals surface area contributed by atoms with Crippen LogP contribution in [0.25, 0.3) is 0 Å². The van der Waals surface area contributed by atoms with E-state index in [1.165, 1.54) is 57.8 Å². The van der Waals surface area contributed by atoms with Crippen molar-refractivity contribution >= 4 is 0 Å². The molecular weight excluding hydrogens is 226 g/mol. The quantitative estimate of drug-likeness (QED) is 0.892. The van der Waals surface area contributed by atoms with Crippen molar-refractivity contribution in [2.24, 2.45) is 11.7 Å². The first-order valence-electron chi connectivity index (χ1n) is 7.43. The maximum atomic E-state index is 6.11. The molecule has 2 saturated carbocycles. The van der Waals surface area contributed by atoms with E-state index in [0.29, 0.717) is 11.8 Å². The van der Waals surface area contributed by atoms with Crippen molar-refractivity contribution in [3.63, 3.8) is 0 Å². The van der Waals surface area contributed by atoms with Gasteiger partial charge in [0.2, 0.25) is 5.89 Å². The fourth-order valence-electron chi connectivity index (χ4n) is 2.92. The molecule has 0 aromatic carbocycles. The third kappa shape index (κ3) is 2.74. The molecule has 0 bridgehead atoms. The van der Waals surface area contributed by atoms with E-state index in [0.717, 1.165) is 11.7 Å².